The molecule has 2 fully saturated rings. The van der Waals surface area contributed by atoms with Gasteiger partial charge in [-0.1, -0.05) is 19.3 Å². The molecular weight excluding hydrogens is 304 g/mol. The first-order chi connectivity index (χ1) is 11.3. The van der Waals surface area contributed by atoms with Crippen LogP contribution in [0.5, 0.6) is 0 Å². The Labute approximate surface area is 146 Å². The summed E-state index contributed by atoms with van der Waals surface area (Å²) in [6, 6.07) is 0.334. The fourth-order valence-corrected chi connectivity index (χ4v) is 3.46. The second kappa shape index (κ2) is 8.58. The Morgan fingerprint density at radius 3 is 2.21 bits per heavy atom. The van der Waals surface area contributed by atoms with Crippen molar-refractivity contribution in [3.63, 3.8) is 0 Å². The minimum absolute atomic E-state index is 0.0175. The van der Waals surface area contributed by atoms with Crippen molar-refractivity contribution >= 4 is 12.1 Å². The molecule has 0 spiro atoms. The van der Waals surface area contributed by atoms with Crippen LogP contribution >= 0.6 is 0 Å². The van der Waals surface area contributed by atoms with Gasteiger partial charge in [0.1, 0.15) is 0 Å². The second-order valence-electron chi connectivity index (χ2n) is 8.30. The molecule has 0 aromatic rings. The van der Waals surface area contributed by atoms with E-state index in [-0.39, 0.29) is 17.6 Å². The summed E-state index contributed by atoms with van der Waals surface area (Å²) in [6.07, 6.45) is 7.84. The van der Waals surface area contributed by atoms with E-state index in [1.807, 2.05) is 25.7 Å². The molecule has 0 atom stereocenters. The van der Waals surface area contributed by atoms with Crippen molar-refractivity contribution < 1.29 is 9.59 Å². The average molecular weight is 338 g/mol. The van der Waals surface area contributed by atoms with E-state index in [0.717, 1.165) is 38.8 Å². The monoisotopic (exact) mass is 338 g/mol. The van der Waals surface area contributed by atoms with E-state index in [4.69, 9.17) is 0 Å². The van der Waals surface area contributed by atoms with Gasteiger partial charge in [0.05, 0.1) is 0 Å². The molecule has 0 bridgehead atoms. The molecule has 2 rings (SSSR count). The number of rotatable bonds is 3. The van der Waals surface area contributed by atoms with Crippen molar-refractivity contribution in [2.24, 2.45) is 5.92 Å². The molecule has 1 saturated carbocycles. The summed E-state index contributed by atoms with van der Waals surface area (Å²) >= 11 is 0. The Kier molecular flexibility index (Phi) is 6.75. The van der Waals surface area contributed by atoms with Gasteiger partial charge in [0.2, 0.25) is 0 Å². The molecule has 4 amide bonds. The van der Waals surface area contributed by atoms with Crippen molar-refractivity contribution in [1.29, 1.82) is 0 Å². The molecule has 0 unspecified atom stereocenters. The second-order valence-corrected chi connectivity index (χ2v) is 8.30. The highest BCUT2D eigenvalue weighted by Crippen LogP contribution is 2.18. The Bertz CT molecular complexity index is 419. The van der Waals surface area contributed by atoms with Crippen LogP contribution in [0.2, 0.25) is 0 Å². The van der Waals surface area contributed by atoms with Crippen molar-refractivity contribution in [1.82, 2.24) is 20.9 Å². The predicted molar refractivity (Wildman–Crippen MR) is 96.0 cm³/mol. The van der Waals surface area contributed by atoms with Crippen molar-refractivity contribution in [3.05, 3.63) is 0 Å². The van der Waals surface area contributed by atoms with E-state index in [1.165, 1.54) is 19.3 Å². The number of nitrogens with zero attached hydrogens (tertiary/aromatic N) is 1. The number of hydrogen-bond donors (Lipinski definition) is 3. The number of hydrogen-bond acceptors (Lipinski definition) is 2. The third-order valence-corrected chi connectivity index (χ3v) is 4.88. The van der Waals surface area contributed by atoms with Gasteiger partial charge in [-0.15, -0.1) is 0 Å². The Morgan fingerprint density at radius 1 is 1.00 bits per heavy atom. The fraction of sp³-hybridized carbons (Fsp3) is 0.889. The number of carbonyl (C=O) groups excluding carboxylic acids is 2. The third kappa shape index (κ3) is 6.57. The van der Waals surface area contributed by atoms with Crippen LogP contribution in [0.3, 0.4) is 0 Å². The van der Waals surface area contributed by atoms with Gasteiger partial charge in [-0.3, -0.25) is 0 Å². The number of likely N-dealkylation sites (tertiary alicyclic amines) is 1. The fourth-order valence-electron chi connectivity index (χ4n) is 3.46. The summed E-state index contributed by atoms with van der Waals surface area (Å²) in [7, 11) is 0. The minimum atomic E-state index is -0.202. The summed E-state index contributed by atoms with van der Waals surface area (Å²) in [5, 5.41) is 9.11. The minimum Gasteiger partial charge on any atom is -0.338 e. The predicted octanol–water partition coefficient (Wildman–Crippen LogP) is 2.84. The van der Waals surface area contributed by atoms with Crippen LogP contribution in [0.1, 0.15) is 65.7 Å². The van der Waals surface area contributed by atoms with E-state index in [1.54, 1.807) is 0 Å². The smallest absolute Gasteiger partial charge is 0.317 e. The Morgan fingerprint density at radius 2 is 1.62 bits per heavy atom. The van der Waals surface area contributed by atoms with Crippen LogP contribution < -0.4 is 16.0 Å². The normalized spacial score (nSPS) is 20.5. The van der Waals surface area contributed by atoms with E-state index in [9.17, 15) is 9.59 Å². The highest BCUT2D eigenvalue weighted by Gasteiger charge is 2.25. The summed E-state index contributed by atoms with van der Waals surface area (Å²) in [5.74, 6) is 0.459. The molecule has 24 heavy (non-hydrogen) atoms. The van der Waals surface area contributed by atoms with Gasteiger partial charge < -0.3 is 20.9 Å². The largest absolute Gasteiger partial charge is 0.338 e. The van der Waals surface area contributed by atoms with E-state index in [2.05, 4.69) is 16.0 Å². The maximum atomic E-state index is 12.1. The van der Waals surface area contributed by atoms with Gasteiger partial charge in [0.25, 0.3) is 0 Å². The molecule has 6 heteroatoms. The molecule has 1 heterocycles. The van der Waals surface area contributed by atoms with E-state index in [0.29, 0.717) is 18.5 Å². The molecular formula is C18H34N4O2. The molecule has 0 aromatic heterocycles. The van der Waals surface area contributed by atoms with Crippen LogP contribution in [-0.4, -0.2) is 48.2 Å². The molecule has 3 N–H and O–H groups in total. The molecule has 2 aliphatic rings. The van der Waals surface area contributed by atoms with Gasteiger partial charge in [-0.05, 0) is 52.4 Å². The lowest BCUT2D eigenvalue weighted by atomic mass is 9.95. The number of urea groups is 2. The van der Waals surface area contributed by atoms with Crippen molar-refractivity contribution in [2.75, 3.05) is 19.6 Å². The first kappa shape index (κ1) is 18.9. The lowest BCUT2D eigenvalue weighted by Crippen LogP contribution is -2.51. The maximum absolute atomic E-state index is 12.1. The van der Waals surface area contributed by atoms with Gasteiger partial charge in [0.15, 0.2) is 0 Å². The summed E-state index contributed by atoms with van der Waals surface area (Å²) < 4.78 is 0. The lowest BCUT2D eigenvalue weighted by Gasteiger charge is -2.34. The molecule has 0 radical (unpaired) electrons. The van der Waals surface area contributed by atoms with Crippen molar-refractivity contribution in [2.45, 2.75) is 77.3 Å². The lowest BCUT2D eigenvalue weighted by molar-refractivity contribution is 0.162. The Hall–Kier alpha value is -1.46. The van der Waals surface area contributed by atoms with Crippen LogP contribution in [0, 0.1) is 5.92 Å². The van der Waals surface area contributed by atoms with Crippen LogP contribution in [0.25, 0.3) is 0 Å². The highest BCUT2D eigenvalue weighted by molar-refractivity contribution is 5.75. The van der Waals surface area contributed by atoms with Crippen LogP contribution in [0.4, 0.5) is 9.59 Å². The average Bonchev–Trinajstić information content (AvgIpc) is 2.53. The number of piperidine rings is 1. The van der Waals surface area contributed by atoms with Crippen LogP contribution in [-0.2, 0) is 0 Å². The molecule has 138 valence electrons. The highest BCUT2D eigenvalue weighted by atomic mass is 16.2. The summed E-state index contributed by atoms with van der Waals surface area (Å²) in [6.45, 7) is 8.20. The zero-order chi connectivity index (χ0) is 17.6. The van der Waals surface area contributed by atoms with Crippen molar-refractivity contribution in [3.8, 4) is 0 Å². The number of carbonyl (C=O) groups is 2. The van der Waals surface area contributed by atoms with Gasteiger partial charge in [-0.25, -0.2) is 9.59 Å². The van der Waals surface area contributed by atoms with Gasteiger partial charge in [-0.2, -0.15) is 0 Å². The molecule has 6 nitrogen and oxygen atoms in total. The quantitative estimate of drug-likeness (QED) is 0.740. The molecule has 1 aliphatic heterocycles. The number of amides is 4. The zero-order valence-electron chi connectivity index (χ0n) is 15.5. The third-order valence-electron chi connectivity index (χ3n) is 4.88. The SMILES string of the molecule is CC(C)(C)NC(=O)N1CCC(CNC(=O)NC2CCCCC2)CC1. The first-order valence-corrected chi connectivity index (χ1v) is 9.45. The van der Waals surface area contributed by atoms with Gasteiger partial charge in [0, 0.05) is 31.2 Å². The topological polar surface area (TPSA) is 73.5 Å². The summed E-state index contributed by atoms with van der Waals surface area (Å²) in [5.41, 5.74) is -0.202. The zero-order valence-corrected chi connectivity index (χ0v) is 15.5. The standard InChI is InChI=1S/C18H34N4O2/c1-18(2,3)21-17(24)22-11-9-14(10-12-22)13-19-16(23)20-15-7-5-4-6-8-15/h14-15H,4-13H2,1-3H3,(H,21,24)(H2,19,20,23). The summed E-state index contributed by atoms with van der Waals surface area (Å²) in [4.78, 5) is 26.0. The Balaban J connectivity index is 1.62. The van der Waals surface area contributed by atoms with E-state index < -0.39 is 0 Å². The first-order valence-electron chi connectivity index (χ1n) is 9.45. The molecule has 1 saturated heterocycles. The van der Waals surface area contributed by atoms with Gasteiger partial charge >= 0.3 is 12.1 Å². The molecule has 0 aromatic carbocycles. The van der Waals surface area contributed by atoms with Crippen LogP contribution in [0.15, 0.2) is 0 Å². The number of nitrogens with one attached hydrogen (secondary N) is 3. The maximum Gasteiger partial charge on any atom is 0.317 e. The van der Waals surface area contributed by atoms with E-state index >= 15 is 0 Å². The molecule has 1 aliphatic carbocycles.